The summed E-state index contributed by atoms with van der Waals surface area (Å²) in [6, 6.07) is 7.18. The molecule has 1 aromatic heterocycles. The smallest absolute Gasteiger partial charge is 0.256 e. The van der Waals surface area contributed by atoms with E-state index in [0.29, 0.717) is 46.7 Å². The van der Waals surface area contributed by atoms with E-state index in [1.165, 1.54) is 4.31 Å². The first-order valence-corrected chi connectivity index (χ1v) is 11.3. The Hall–Kier alpha value is -2.12. The topological polar surface area (TPSA) is 79.4 Å². The van der Waals surface area contributed by atoms with Gasteiger partial charge in [0.1, 0.15) is 5.82 Å². The first-order chi connectivity index (χ1) is 13.2. The van der Waals surface area contributed by atoms with Crippen LogP contribution in [0.1, 0.15) is 52.4 Å². The monoisotopic (exact) mass is 419 g/mol. The second-order valence-corrected chi connectivity index (χ2v) is 9.93. The molecule has 2 fully saturated rings. The average molecular weight is 420 g/mol. The number of carbonyl (C=O) groups is 1. The molecule has 1 N–H and O–H groups in total. The van der Waals surface area contributed by atoms with Gasteiger partial charge in [-0.3, -0.25) is 9.10 Å². The highest BCUT2D eigenvalue weighted by Crippen LogP contribution is 2.42. The largest absolute Gasteiger partial charge is 0.322 e. The molecule has 4 rings (SSSR count). The molecular formula is C20H22ClN3O3S. The molecule has 6 nitrogen and oxygen atoms in total. The molecule has 1 saturated carbocycles. The molecule has 1 amide bonds. The number of aryl methyl sites for hydroxylation is 1. The zero-order valence-corrected chi connectivity index (χ0v) is 17.4. The molecule has 2 aromatic rings. The van der Waals surface area contributed by atoms with Gasteiger partial charge in [-0.1, -0.05) is 11.6 Å². The van der Waals surface area contributed by atoms with Crippen LogP contribution in [0.4, 0.5) is 11.5 Å². The van der Waals surface area contributed by atoms with Crippen LogP contribution in [0.5, 0.6) is 0 Å². The Labute approximate surface area is 170 Å². The van der Waals surface area contributed by atoms with Crippen LogP contribution >= 0.6 is 11.6 Å². The third kappa shape index (κ3) is 3.73. The van der Waals surface area contributed by atoms with E-state index in [1.54, 1.807) is 19.1 Å². The summed E-state index contributed by atoms with van der Waals surface area (Å²) in [5, 5.41) is 3.50. The highest BCUT2D eigenvalue weighted by molar-refractivity contribution is 7.93. The lowest BCUT2D eigenvalue weighted by molar-refractivity contribution is 0.102. The van der Waals surface area contributed by atoms with E-state index < -0.39 is 10.0 Å². The van der Waals surface area contributed by atoms with Gasteiger partial charge in [0.15, 0.2) is 0 Å². The maximum Gasteiger partial charge on any atom is 0.256 e. The van der Waals surface area contributed by atoms with E-state index in [2.05, 4.69) is 10.3 Å². The van der Waals surface area contributed by atoms with Gasteiger partial charge in [0.05, 0.1) is 5.75 Å². The van der Waals surface area contributed by atoms with E-state index in [0.717, 1.165) is 24.0 Å². The second-order valence-electron chi connectivity index (χ2n) is 7.48. The van der Waals surface area contributed by atoms with Crippen LogP contribution < -0.4 is 9.62 Å². The Kier molecular flexibility index (Phi) is 4.83. The summed E-state index contributed by atoms with van der Waals surface area (Å²) in [4.78, 5) is 17.4. The molecule has 0 atom stereocenters. The minimum Gasteiger partial charge on any atom is -0.322 e. The van der Waals surface area contributed by atoms with Gasteiger partial charge in [-0.15, -0.1) is 0 Å². The summed E-state index contributed by atoms with van der Waals surface area (Å²) in [6.07, 6.45) is 2.85. The van der Waals surface area contributed by atoms with Crippen LogP contribution in [0.3, 0.4) is 0 Å². The molecule has 0 bridgehead atoms. The molecule has 148 valence electrons. The van der Waals surface area contributed by atoms with E-state index in [-0.39, 0.29) is 11.7 Å². The maximum atomic E-state index is 13.0. The summed E-state index contributed by atoms with van der Waals surface area (Å²) in [5.41, 5.74) is 3.55. The van der Waals surface area contributed by atoms with Crippen molar-refractivity contribution in [3.05, 3.63) is 51.7 Å². The Morgan fingerprint density at radius 3 is 2.61 bits per heavy atom. The number of nitrogens with one attached hydrogen (secondary N) is 1. The maximum absolute atomic E-state index is 13.0. The molecule has 1 aliphatic carbocycles. The Morgan fingerprint density at radius 1 is 1.21 bits per heavy atom. The third-order valence-electron chi connectivity index (χ3n) is 5.33. The molecule has 8 heteroatoms. The molecule has 2 aliphatic rings. The van der Waals surface area contributed by atoms with Gasteiger partial charge < -0.3 is 5.32 Å². The fourth-order valence-corrected chi connectivity index (χ4v) is 5.26. The number of hydrogen-bond acceptors (Lipinski definition) is 4. The quantitative estimate of drug-likeness (QED) is 0.811. The highest BCUT2D eigenvalue weighted by Gasteiger charge is 2.31. The molecule has 1 saturated heterocycles. The predicted molar refractivity (Wildman–Crippen MR) is 111 cm³/mol. The number of nitrogens with zero attached hydrogens (tertiary/aromatic N) is 2. The van der Waals surface area contributed by atoms with Gasteiger partial charge in [0, 0.05) is 28.5 Å². The van der Waals surface area contributed by atoms with Gasteiger partial charge >= 0.3 is 0 Å². The number of rotatable bonds is 4. The minimum absolute atomic E-state index is 0.107. The first kappa shape index (κ1) is 19.2. The summed E-state index contributed by atoms with van der Waals surface area (Å²) in [6.45, 7) is 3.98. The van der Waals surface area contributed by atoms with Crippen LogP contribution in [0.25, 0.3) is 0 Å². The SMILES string of the molecule is Cc1nc(N2CCCS2(=O)=O)cc(C(=O)Nc2cc(Cl)cc(C3CC3)c2)c1C. The lowest BCUT2D eigenvalue weighted by atomic mass is 10.1. The zero-order chi connectivity index (χ0) is 20.1. The third-order valence-corrected chi connectivity index (χ3v) is 7.39. The Morgan fingerprint density at radius 2 is 1.96 bits per heavy atom. The standard InChI is InChI=1S/C20H22ClN3O3S/c1-12-13(2)22-19(24-6-3-7-28(24,26)27)11-18(12)20(25)23-17-9-15(14-4-5-14)8-16(21)10-17/h8-11,14H,3-7H2,1-2H3,(H,23,25). The number of halogens is 1. The Balaban J connectivity index is 1.66. The van der Waals surface area contributed by atoms with Gasteiger partial charge in [0.2, 0.25) is 10.0 Å². The van der Waals surface area contributed by atoms with Crippen molar-refractivity contribution in [2.45, 2.75) is 39.0 Å². The molecule has 0 spiro atoms. The van der Waals surface area contributed by atoms with Crippen molar-refractivity contribution in [2.75, 3.05) is 21.9 Å². The summed E-state index contributed by atoms with van der Waals surface area (Å²) >= 11 is 6.22. The van der Waals surface area contributed by atoms with Crippen molar-refractivity contribution in [3.63, 3.8) is 0 Å². The van der Waals surface area contributed by atoms with E-state index in [4.69, 9.17) is 11.6 Å². The van der Waals surface area contributed by atoms with Crippen LogP contribution in [-0.4, -0.2) is 31.6 Å². The van der Waals surface area contributed by atoms with Crippen molar-refractivity contribution in [1.82, 2.24) is 4.98 Å². The van der Waals surface area contributed by atoms with Crippen LogP contribution in [0, 0.1) is 13.8 Å². The fraction of sp³-hybridized carbons (Fsp3) is 0.400. The molecule has 2 heterocycles. The lowest BCUT2D eigenvalue weighted by Gasteiger charge is -2.19. The number of aromatic nitrogens is 1. The number of sulfonamides is 1. The highest BCUT2D eigenvalue weighted by atomic mass is 35.5. The van der Waals surface area contributed by atoms with E-state index in [1.807, 2.05) is 19.1 Å². The summed E-state index contributed by atoms with van der Waals surface area (Å²) < 4.78 is 25.8. The van der Waals surface area contributed by atoms with Crippen molar-refractivity contribution >= 4 is 39.0 Å². The van der Waals surface area contributed by atoms with Crippen molar-refractivity contribution in [1.29, 1.82) is 0 Å². The molecule has 1 aliphatic heterocycles. The van der Waals surface area contributed by atoms with Crippen molar-refractivity contribution in [3.8, 4) is 0 Å². The predicted octanol–water partition coefficient (Wildman–Crippen LogP) is 4.02. The normalized spacial score (nSPS) is 18.3. The number of hydrogen-bond donors (Lipinski definition) is 1. The van der Waals surface area contributed by atoms with Gasteiger partial charge in [0.25, 0.3) is 5.91 Å². The minimum atomic E-state index is -3.36. The van der Waals surface area contributed by atoms with Crippen LogP contribution in [0.15, 0.2) is 24.3 Å². The average Bonchev–Trinajstić information content (AvgIpc) is 3.40. The number of carbonyl (C=O) groups excluding carboxylic acids is 1. The molecular weight excluding hydrogens is 398 g/mol. The molecule has 1 aromatic carbocycles. The van der Waals surface area contributed by atoms with E-state index in [9.17, 15) is 13.2 Å². The number of pyridine rings is 1. The number of anilines is 2. The Bertz CT molecular complexity index is 1060. The first-order valence-electron chi connectivity index (χ1n) is 9.35. The van der Waals surface area contributed by atoms with E-state index >= 15 is 0 Å². The number of amides is 1. The zero-order valence-electron chi connectivity index (χ0n) is 15.8. The van der Waals surface area contributed by atoms with Crippen molar-refractivity contribution in [2.24, 2.45) is 0 Å². The fourth-order valence-electron chi connectivity index (χ4n) is 3.52. The molecule has 28 heavy (non-hydrogen) atoms. The molecule has 0 radical (unpaired) electrons. The summed E-state index contributed by atoms with van der Waals surface area (Å²) in [7, 11) is -3.36. The van der Waals surface area contributed by atoms with Gasteiger partial charge in [-0.2, -0.15) is 0 Å². The molecule has 0 unspecified atom stereocenters. The lowest BCUT2D eigenvalue weighted by Crippen LogP contribution is -2.27. The van der Waals surface area contributed by atoms with Crippen molar-refractivity contribution < 1.29 is 13.2 Å². The number of benzene rings is 1. The van der Waals surface area contributed by atoms with Crippen LogP contribution in [0.2, 0.25) is 5.02 Å². The van der Waals surface area contributed by atoms with Gasteiger partial charge in [-0.25, -0.2) is 13.4 Å². The van der Waals surface area contributed by atoms with Crippen LogP contribution in [-0.2, 0) is 10.0 Å². The second kappa shape index (κ2) is 7.04. The summed E-state index contributed by atoms with van der Waals surface area (Å²) in [5.74, 6) is 0.627. The van der Waals surface area contributed by atoms with Gasteiger partial charge in [-0.05, 0) is 74.4 Å².